The summed E-state index contributed by atoms with van der Waals surface area (Å²) < 4.78 is 28.8. The van der Waals surface area contributed by atoms with Gasteiger partial charge in [-0.1, -0.05) is 27.7 Å². The van der Waals surface area contributed by atoms with Crippen molar-refractivity contribution in [2.24, 2.45) is 5.41 Å². The number of H-pyrrole nitrogens is 1. The molecule has 0 fully saturated rings. The molecule has 0 amide bonds. The number of rotatable bonds is 3. The molecule has 0 aliphatic heterocycles. The van der Waals surface area contributed by atoms with E-state index in [1.54, 1.807) is 0 Å². The molecule has 0 spiro atoms. The lowest BCUT2D eigenvalue weighted by Crippen LogP contribution is -2.24. The van der Waals surface area contributed by atoms with Gasteiger partial charge in [-0.2, -0.15) is 13.9 Å². The molecule has 0 aliphatic rings. The average Bonchev–Trinajstić information content (AvgIpc) is 2.46. The molecule has 1 N–H and O–H groups in total. The zero-order chi connectivity index (χ0) is 12.6. The van der Waals surface area contributed by atoms with E-state index in [0.717, 1.165) is 0 Å². The Morgan fingerprint density at radius 3 is 2.38 bits per heavy atom. The molecule has 0 bridgehead atoms. The molecule has 1 aromatic rings. The third-order valence-corrected chi connectivity index (χ3v) is 2.47. The fourth-order valence-electron chi connectivity index (χ4n) is 1.38. The van der Waals surface area contributed by atoms with Gasteiger partial charge in [-0.3, -0.25) is 9.67 Å². The fraction of sp³-hybridized carbons (Fsp3) is 0.800. The largest absolute Gasteiger partial charge is 0.306 e. The predicted octanol–water partition coefficient (Wildman–Crippen LogP) is 3.49. The fourth-order valence-corrected chi connectivity index (χ4v) is 1.57. The Balaban J connectivity index is 3.19. The van der Waals surface area contributed by atoms with Gasteiger partial charge in [-0.05, 0) is 17.6 Å². The number of halogens is 2. The highest BCUT2D eigenvalue weighted by atomic mass is 32.1. The monoisotopic (exact) mass is 249 g/mol. The number of alkyl halides is 2. The van der Waals surface area contributed by atoms with Gasteiger partial charge in [0.25, 0.3) is 0 Å². The summed E-state index contributed by atoms with van der Waals surface area (Å²) in [5, 5.41) is 6.07. The van der Waals surface area contributed by atoms with Crippen molar-refractivity contribution in [3.8, 4) is 0 Å². The van der Waals surface area contributed by atoms with Crippen molar-refractivity contribution in [3.63, 3.8) is 0 Å². The lowest BCUT2D eigenvalue weighted by atomic mass is 9.97. The Kier molecular flexibility index (Phi) is 3.52. The molecule has 0 saturated carbocycles. The molecule has 6 heteroatoms. The summed E-state index contributed by atoms with van der Waals surface area (Å²) in [4.78, 5) is 0. The van der Waals surface area contributed by atoms with Crippen LogP contribution in [0.3, 0.4) is 0 Å². The van der Waals surface area contributed by atoms with Gasteiger partial charge >= 0.3 is 5.92 Å². The van der Waals surface area contributed by atoms with Crippen LogP contribution >= 0.6 is 12.2 Å². The first-order valence-electron chi connectivity index (χ1n) is 5.21. The van der Waals surface area contributed by atoms with Crippen LogP contribution in [0, 0.1) is 10.2 Å². The summed E-state index contributed by atoms with van der Waals surface area (Å²) in [6, 6.07) is 0. The normalized spacial score (nSPS) is 13.1. The Morgan fingerprint density at radius 1 is 1.38 bits per heavy atom. The van der Waals surface area contributed by atoms with Crippen molar-refractivity contribution in [3.05, 3.63) is 10.6 Å². The van der Waals surface area contributed by atoms with Crippen LogP contribution in [0.1, 0.15) is 39.9 Å². The predicted molar refractivity (Wildman–Crippen MR) is 61.1 cm³/mol. The van der Waals surface area contributed by atoms with Crippen molar-refractivity contribution >= 4 is 12.2 Å². The van der Waals surface area contributed by atoms with Crippen LogP contribution in [0.5, 0.6) is 0 Å². The first kappa shape index (κ1) is 13.3. The van der Waals surface area contributed by atoms with Crippen LogP contribution in [0.25, 0.3) is 0 Å². The van der Waals surface area contributed by atoms with E-state index in [-0.39, 0.29) is 22.4 Å². The third kappa shape index (κ3) is 2.87. The Morgan fingerprint density at radius 2 is 1.94 bits per heavy atom. The molecule has 0 atom stereocenters. The van der Waals surface area contributed by atoms with E-state index >= 15 is 0 Å². The molecular weight excluding hydrogens is 232 g/mol. The lowest BCUT2D eigenvalue weighted by Gasteiger charge is -2.22. The van der Waals surface area contributed by atoms with E-state index < -0.39 is 5.92 Å². The van der Waals surface area contributed by atoms with E-state index in [0.29, 0.717) is 6.54 Å². The number of nitrogens with zero attached hydrogens (tertiary/aromatic N) is 2. The summed E-state index contributed by atoms with van der Waals surface area (Å²) in [7, 11) is 0. The van der Waals surface area contributed by atoms with Gasteiger partial charge in [0.15, 0.2) is 4.77 Å². The number of aromatic amines is 1. The van der Waals surface area contributed by atoms with Gasteiger partial charge in [-0.15, -0.1) is 0 Å². The minimum absolute atomic E-state index is 0.124. The van der Waals surface area contributed by atoms with Crippen molar-refractivity contribution in [1.29, 1.82) is 0 Å². The van der Waals surface area contributed by atoms with Gasteiger partial charge in [0.1, 0.15) is 0 Å². The number of hydrogen-bond acceptors (Lipinski definition) is 2. The van der Waals surface area contributed by atoms with E-state index in [2.05, 4.69) is 10.2 Å². The number of nitrogens with one attached hydrogen (secondary N) is 1. The third-order valence-electron chi connectivity index (χ3n) is 2.16. The SMILES string of the molecule is CCC(F)(F)c1n[nH]c(=S)n1CC(C)(C)C. The minimum Gasteiger partial charge on any atom is -0.299 e. The summed E-state index contributed by atoms with van der Waals surface area (Å²) >= 11 is 4.97. The molecule has 1 rings (SSSR count). The second kappa shape index (κ2) is 4.24. The van der Waals surface area contributed by atoms with E-state index in [1.165, 1.54) is 11.5 Å². The van der Waals surface area contributed by atoms with Crippen LogP contribution in [-0.4, -0.2) is 14.8 Å². The molecule has 1 aromatic heterocycles. The van der Waals surface area contributed by atoms with Gasteiger partial charge in [0.05, 0.1) is 0 Å². The maximum atomic E-state index is 13.6. The highest BCUT2D eigenvalue weighted by Gasteiger charge is 2.36. The lowest BCUT2D eigenvalue weighted by molar-refractivity contribution is -0.0224. The molecule has 0 radical (unpaired) electrons. The number of hydrogen-bond donors (Lipinski definition) is 1. The molecule has 92 valence electrons. The first-order valence-corrected chi connectivity index (χ1v) is 5.62. The first-order chi connectivity index (χ1) is 7.17. The van der Waals surface area contributed by atoms with Gasteiger partial charge < -0.3 is 0 Å². The average molecular weight is 249 g/mol. The quantitative estimate of drug-likeness (QED) is 0.832. The van der Waals surface area contributed by atoms with Gasteiger partial charge in [-0.25, -0.2) is 0 Å². The standard InChI is InChI=1S/C10H17F2N3S/c1-5-10(11,12)7-13-14-8(16)15(7)6-9(2,3)4/h5-6H2,1-4H3,(H,14,16). The van der Waals surface area contributed by atoms with Crippen molar-refractivity contribution in [2.45, 2.75) is 46.6 Å². The zero-order valence-electron chi connectivity index (χ0n) is 9.97. The molecule has 0 unspecified atom stereocenters. The topological polar surface area (TPSA) is 33.6 Å². The molecule has 1 heterocycles. The number of aromatic nitrogens is 3. The Bertz CT molecular complexity index is 414. The minimum atomic E-state index is -2.93. The molecule has 0 aliphatic carbocycles. The molecule has 0 saturated heterocycles. The van der Waals surface area contributed by atoms with Crippen LogP contribution in [0.4, 0.5) is 8.78 Å². The van der Waals surface area contributed by atoms with Crippen LogP contribution in [0.2, 0.25) is 0 Å². The zero-order valence-corrected chi connectivity index (χ0v) is 10.8. The maximum Gasteiger partial charge on any atom is 0.306 e. The highest BCUT2D eigenvalue weighted by Crippen LogP contribution is 2.31. The molecule has 3 nitrogen and oxygen atoms in total. The maximum absolute atomic E-state index is 13.6. The summed E-state index contributed by atoms with van der Waals surface area (Å²) in [6.07, 6.45) is -0.281. The second-order valence-electron chi connectivity index (χ2n) is 5.06. The molecule has 16 heavy (non-hydrogen) atoms. The van der Waals surface area contributed by atoms with Crippen molar-refractivity contribution in [2.75, 3.05) is 0 Å². The smallest absolute Gasteiger partial charge is 0.299 e. The van der Waals surface area contributed by atoms with Crippen LogP contribution < -0.4 is 0 Å². The van der Waals surface area contributed by atoms with Gasteiger partial charge in [0, 0.05) is 13.0 Å². The Hall–Kier alpha value is -0.780. The van der Waals surface area contributed by atoms with Crippen molar-refractivity contribution < 1.29 is 8.78 Å². The Labute approximate surface area is 98.9 Å². The summed E-state index contributed by atoms with van der Waals surface area (Å²) in [5.74, 6) is -3.20. The highest BCUT2D eigenvalue weighted by molar-refractivity contribution is 7.71. The summed E-state index contributed by atoms with van der Waals surface area (Å²) in [6.45, 7) is 7.76. The van der Waals surface area contributed by atoms with E-state index in [9.17, 15) is 8.78 Å². The van der Waals surface area contributed by atoms with Gasteiger partial charge in [0.2, 0.25) is 5.82 Å². The van der Waals surface area contributed by atoms with E-state index in [1.807, 2.05) is 20.8 Å². The summed E-state index contributed by atoms with van der Waals surface area (Å²) in [5.41, 5.74) is -0.124. The second-order valence-corrected chi connectivity index (χ2v) is 5.44. The molecule has 0 aromatic carbocycles. The van der Waals surface area contributed by atoms with E-state index in [4.69, 9.17) is 12.2 Å². The van der Waals surface area contributed by atoms with Crippen LogP contribution in [-0.2, 0) is 12.5 Å². The van der Waals surface area contributed by atoms with Crippen LogP contribution in [0.15, 0.2) is 0 Å². The van der Waals surface area contributed by atoms with Crippen molar-refractivity contribution in [1.82, 2.24) is 14.8 Å². The molecular formula is C10H17F2N3S.